The standard InChI is InChI=1S/C9H11F7OS/c1-2-3-4-18-6(17)5-7(10,11)8(12,13)9(14,15)16/h2-5H2,1H3. The molecule has 0 saturated carbocycles. The molecule has 0 fully saturated rings. The monoisotopic (exact) mass is 300 g/mol. The smallest absolute Gasteiger partial charge is 0.287 e. The van der Waals surface area contributed by atoms with Crippen molar-refractivity contribution >= 4 is 16.9 Å². The van der Waals surface area contributed by atoms with Gasteiger partial charge in [0.2, 0.25) is 0 Å². The molecule has 0 atom stereocenters. The zero-order valence-electron chi connectivity index (χ0n) is 9.29. The summed E-state index contributed by atoms with van der Waals surface area (Å²) in [5.74, 6) is -11.5. The number of hydrogen-bond acceptors (Lipinski definition) is 2. The van der Waals surface area contributed by atoms with Crippen LogP contribution in [-0.2, 0) is 4.79 Å². The van der Waals surface area contributed by atoms with Gasteiger partial charge < -0.3 is 0 Å². The van der Waals surface area contributed by atoms with Crippen LogP contribution in [0.2, 0.25) is 0 Å². The molecule has 0 bridgehead atoms. The van der Waals surface area contributed by atoms with E-state index in [1.165, 1.54) is 0 Å². The Morgan fingerprint density at radius 3 is 1.94 bits per heavy atom. The van der Waals surface area contributed by atoms with E-state index in [4.69, 9.17) is 0 Å². The second-order valence-electron chi connectivity index (χ2n) is 3.53. The molecule has 0 amide bonds. The summed E-state index contributed by atoms with van der Waals surface area (Å²) in [4.78, 5) is 10.9. The number of carbonyl (C=O) groups is 1. The molecule has 108 valence electrons. The zero-order valence-corrected chi connectivity index (χ0v) is 10.1. The van der Waals surface area contributed by atoms with Crippen molar-refractivity contribution in [3.05, 3.63) is 0 Å². The van der Waals surface area contributed by atoms with Gasteiger partial charge in [-0.1, -0.05) is 25.1 Å². The predicted molar refractivity (Wildman–Crippen MR) is 52.9 cm³/mol. The SMILES string of the molecule is CCCCSC(=O)CC(F)(F)C(F)(F)C(F)(F)F. The predicted octanol–water partition coefficient (Wildman–Crippen LogP) is 4.27. The van der Waals surface area contributed by atoms with E-state index in [9.17, 15) is 35.5 Å². The van der Waals surface area contributed by atoms with Crippen molar-refractivity contribution in [1.29, 1.82) is 0 Å². The fraction of sp³-hybridized carbons (Fsp3) is 0.889. The van der Waals surface area contributed by atoms with Crippen molar-refractivity contribution in [2.24, 2.45) is 0 Å². The number of hydrogen-bond donors (Lipinski definition) is 0. The highest BCUT2D eigenvalue weighted by Crippen LogP contribution is 2.48. The molecule has 0 heterocycles. The molecule has 9 heteroatoms. The molecule has 0 saturated heterocycles. The molecular formula is C9H11F7OS. The van der Waals surface area contributed by atoms with Gasteiger partial charge >= 0.3 is 18.0 Å². The van der Waals surface area contributed by atoms with E-state index >= 15 is 0 Å². The number of thioether (sulfide) groups is 1. The number of halogens is 7. The van der Waals surface area contributed by atoms with Crippen molar-refractivity contribution in [3.8, 4) is 0 Å². The van der Waals surface area contributed by atoms with E-state index in [-0.39, 0.29) is 5.75 Å². The van der Waals surface area contributed by atoms with Crippen LogP contribution >= 0.6 is 11.8 Å². The molecule has 18 heavy (non-hydrogen) atoms. The second kappa shape index (κ2) is 6.12. The van der Waals surface area contributed by atoms with E-state index in [1.807, 2.05) is 0 Å². The second-order valence-corrected chi connectivity index (χ2v) is 4.68. The van der Waals surface area contributed by atoms with Gasteiger partial charge in [-0.15, -0.1) is 0 Å². The minimum atomic E-state index is -6.38. The highest BCUT2D eigenvalue weighted by molar-refractivity contribution is 8.13. The van der Waals surface area contributed by atoms with Crippen LogP contribution < -0.4 is 0 Å². The molecule has 0 aliphatic rings. The third-order valence-electron chi connectivity index (χ3n) is 1.94. The summed E-state index contributed by atoms with van der Waals surface area (Å²) < 4.78 is 85.6. The molecule has 0 spiro atoms. The van der Waals surface area contributed by atoms with Crippen LogP contribution in [0.5, 0.6) is 0 Å². The lowest BCUT2D eigenvalue weighted by molar-refractivity contribution is -0.353. The largest absolute Gasteiger partial charge is 0.459 e. The average Bonchev–Trinajstić information content (AvgIpc) is 2.15. The Balaban J connectivity index is 4.60. The van der Waals surface area contributed by atoms with Crippen molar-refractivity contribution < 1.29 is 35.5 Å². The van der Waals surface area contributed by atoms with Crippen LogP contribution in [0.3, 0.4) is 0 Å². The Hall–Kier alpha value is -0.470. The molecule has 1 nitrogen and oxygen atoms in total. The lowest BCUT2D eigenvalue weighted by Gasteiger charge is -2.27. The van der Waals surface area contributed by atoms with E-state index in [2.05, 4.69) is 0 Å². The molecular weight excluding hydrogens is 289 g/mol. The molecule has 0 aromatic rings. The van der Waals surface area contributed by atoms with Gasteiger partial charge in [-0.25, -0.2) is 0 Å². The zero-order chi connectivity index (χ0) is 14.6. The lowest BCUT2D eigenvalue weighted by Crippen LogP contribution is -2.52. The Kier molecular flexibility index (Phi) is 5.96. The van der Waals surface area contributed by atoms with Gasteiger partial charge in [0.1, 0.15) is 0 Å². The fourth-order valence-electron chi connectivity index (χ4n) is 0.881. The van der Waals surface area contributed by atoms with E-state index in [1.54, 1.807) is 6.92 Å². The first-order valence-electron chi connectivity index (χ1n) is 4.93. The molecule has 0 N–H and O–H groups in total. The number of unbranched alkanes of at least 4 members (excludes halogenated alkanes) is 1. The van der Waals surface area contributed by atoms with Crippen molar-refractivity contribution in [3.63, 3.8) is 0 Å². The minimum Gasteiger partial charge on any atom is -0.287 e. The highest BCUT2D eigenvalue weighted by Gasteiger charge is 2.73. The van der Waals surface area contributed by atoms with Gasteiger partial charge in [-0.2, -0.15) is 30.7 Å². The maximum atomic E-state index is 12.8. The van der Waals surface area contributed by atoms with Gasteiger partial charge in [0.15, 0.2) is 5.12 Å². The Morgan fingerprint density at radius 1 is 1.06 bits per heavy atom. The van der Waals surface area contributed by atoms with E-state index in [0.717, 1.165) is 0 Å². The normalized spacial score (nSPS) is 13.8. The maximum Gasteiger partial charge on any atom is 0.459 e. The van der Waals surface area contributed by atoms with Crippen LogP contribution in [0.4, 0.5) is 30.7 Å². The van der Waals surface area contributed by atoms with Crippen LogP contribution in [-0.4, -0.2) is 28.9 Å². The first-order valence-corrected chi connectivity index (χ1v) is 5.92. The summed E-state index contributed by atoms with van der Waals surface area (Å²) in [5.41, 5.74) is 0. The Bertz CT molecular complexity index is 287. The van der Waals surface area contributed by atoms with Crippen molar-refractivity contribution in [2.75, 3.05) is 5.75 Å². The summed E-state index contributed by atoms with van der Waals surface area (Å²) >= 11 is 0.335. The summed E-state index contributed by atoms with van der Waals surface area (Å²) in [7, 11) is 0. The van der Waals surface area contributed by atoms with Crippen LogP contribution in [0.25, 0.3) is 0 Å². The quantitative estimate of drug-likeness (QED) is 0.538. The lowest BCUT2D eigenvalue weighted by atomic mass is 10.1. The summed E-state index contributed by atoms with van der Waals surface area (Å²) in [6.45, 7) is 1.75. The van der Waals surface area contributed by atoms with Crippen LogP contribution in [0, 0.1) is 0 Å². The minimum absolute atomic E-state index is 0.114. The number of alkyl halides is 7. The molecule has 0 aliphatic heterocycles. The first kappa shape index (κ1) is 17.5. The molecule has 0 radical (unpaired) electrons. The van der Waals surface area contributed by atoms with Crippen LogP contribution in [0.15, 0.2) is 0 Å². The van der Waals surface area contributed by atoms with E-state index in [0.29, 0.717) is 24.6 Å². The first-order chi connectivity index (χ1) is 7.95. The molecule has 0 aliphatic carbocycles. The summed E-state index contributed by atoms with van der Waals surface area (Å²) in [6, 6.07) is 0. The summed E-state index contributed by atoms with van der Waals surface area (Å²) in [5, 5.41) is -1.38. The molecule has 0 aromatic heterocycles. The van der Waals surface area contributed by atoms with Crippen molar-refractivity contribution in [1.82, 2.24) is 0 Å². The fourth-order valence-corrected chi connectivity index (χ4v) is 1.83. The molecule has 0 rings (SSSR count). The Labute approximate surface area is 103 Å². The van der Waals surface area contributed by atoms with Gasteiger partial charge in [0, 0.05) is 5.75 Å². The number of rotatable bonds is 6. The van der Waals surface area contributed by atoms with Crippen LogP contribution in [0.1, 0.15) is 26.2 Å². The van der Waals surface area contributed by atoms with Gasteiger partial charge in [-0.3, -0.25) is 4.79 Å². The topological polar surface area (TPSA) is 17.1 Å². The third-order valence-corrected chi connectivity index (χ3v) is 2.90. The van der Waals surface area contributed by atoms with E-state index < -0.39 is 29.6 Å². The molecule has 0 unspecified atom stereocenters. The maximum absolute atomic E-state index is 12.8. The van der Waals surface area contributed by atoms with Gasteiger partial charge in [0.25, 0.3) is 0 Å². The molecule has 0 aromatic carbocycles. The third kappa shape index (κ3) is 4.33. The number of carbonyl (C=O) groups excluding carboxylic acids is 1. The highest BCUT2D eigenvalue weighted by atomic mass is 32.2. The van der Waals surface area contributed by atoms with Gasteiger partial charge in [-0.05, 0) is 6.42 Å². The van der Waals surface area contributed by atoms with Crippen molar-refractivity contribution in [2.45, 2.75) is 44.2 Å². The Morgan fingerprint density at radius 2 is 1.56 bits per heavy atom. The van der Waals surface area contributed by atoms with Gasteiger partial charge in [0.05, 0.1) is 6.42 Å². The average molecular weight is 300 g/mol. The summed E-state index contributed by atoms with van der Waals surface area (Å²) in [6.07, 6.45) is -7.38.